The SMILES string of the molecule is O=C(NCc1ccnc(Cl)c1)N1CC2(CCN(CC=Cc3ccc(F)cc3)CC2)c2c1ccc(F)c2Cl. The van der Waals surface area contributed by atoms with Crippen LogP contribution in [-0.2, 0) is 12.0 Å². The van der Waals surface area contributed by atoms with Gasteiger partial charge in [-0.3, -0.25) is 9.80 Å². The van der Waals surface area contributed by atoms with E-state index in [4.69, 9.17) is 23.2 Å². The van der Waals surface area contributed by atoms with Crippen molar-refractivity contribution in [2.45, 2.75) is 24.8 Å². The monoisotopic (exact) mass is 542 g/mol. The third-order valence-electron chi connectivity index (χ3n) is 7.19. The maximum Gasteiger partial charge on any atom is 0.322 e. The smallest absolute Gasteiger partial charge is 0.322 e. The van der Waals surface area contributed by atoms with Crippen LogP contribution in [0.1, 0.15) is 29.5 Å². The summed E-state index contributed by atoms with van der Waals surface area (Å²) in [5.74, 6) is -0.729. The maximum absolute atomic E-state index is 14.6. The molecule has 1 aromatic heterocycles. The molecule has 2 aromatic carbocycles. The number of aromatic nitrogens is 1. The van der Waals surface area contributed by atoms with Crippen LogP contribution in [0, 0.1) is 11.6 Å². The summed E-state index contributed by atoms with van der Waals surface area (Å²) in [5.41, 5.74) is 2.74. The van der Waals surface area contributed by atoms with E-state index < -0.39 is 11.2 Å². The van der Waals surface area contributed by atoms with Crippen molar-refractivity contribution in [1.29, 1.82) is 0 Å². The van der Waals surface area contributed by atoms with Crippen LogP contribution in [0.15, 0.2) is 60.8 Å². The number of anilines is 1. The van der Waals surface area contributed by atoms with E-state index in [0.717, 1.165) is 49.2 Å². The van der Waals surface area contributed by atoms with E-state index in [0.29, 0.717) is 23.9 Å². The molecule has 0 atom stereocenters. The number of halogens is 4. The van der Waals surface area contributed by atoms with Crippen molar-refractivity contribution in [2.24, 2.45) is 0 Å². The number of carbonyl (C=O) groups excluding carboxylic acids is 1. The molecule has 0 unspecified atom stereocenters. The summed E-state index contributed by atoms with van der Waals surface area (Å²) < 4.78 is 27.7. The van der Waals surface area contributed by atoms with Crippen LogP contribution in [0.25, 0.3) is 6.08 Å². The number of nitrogens with one attached hydrogen (secondary N) is 1. The maximum atomic E-state index is 14.6. The van der Waals surface area contributed by atoms with Gasteiger partial charge in [-0.2, -0.15) is 0 Å². The Bertz CT molecular complexity index is 1320. The number of benzene rings is 2. The molecular weight excluding hydrogens is 517 g/mol. The van der Waals surface area contributed by atoms with E-state index >= 15 is 0 Å². The van der Waals surface area contributed by atoms with Gasteiger partial charge < -0.3 is 5.32 Å². The topological polar surface area (TPSA) is 48.5 Å². The third kappa shape index (κ3) is 5.49. The number of hydrogen-bond donors (Lipinski definition) is 1. The molecule has 2 aliphatic rings. The number of pyridine rings is 1. The lowest BCUT2D eigenvalue weighted by Crippen LogP contribution is -2.47. The molecule has 9 heteroatoms. The highest BCUT2D eigenvalue weighted by molar-refractivity contribution is 6.32. The molecule has 0 aliphatic carbocycles. The van der Waals surface area contributed by atoms with Gasteiger partial charge in [0.15, 0.2) is 0 Å². The van der Waals surface area contributed by atoms with Gasteiger partial charge in [0.2, 0.25) is 0 Å². The van der Waals surface area contributed by atoms with Crippen molar-refractivity contribution in [1.82, 2.24) is 15.2 Å². The van der Waals surface area contributed by atoms with Crippen LogP contribution < -0.4 is 10.2 Å². The molecule has 1 fully saturated rings. The van der Waals surface area contributed by atoms with Crippen molar-refractivity contribution in [3.8, 4) is 0 Å². The van der Waals surface area contributed by atoms with Crippen molar-refractivity contribution >= 4 is 41.0 Å². The molecule has 3 heterocycles. The molecule has 0 saturated carbocycles. The first kappa shape index (κ1) is 25.6. The molecule has 2 aliphatic heterocycles. The van der Waals surface area contributed by atoms with Gasteiger partial charge >= 0.3 is 6.03 Å². The highest BCUT2D eigenvalue weighted by Crippen LogP contribution is 2.50. The predicted octanol–water partition coefficient (Wildman–Crippen LogP) is 6.44. The first-order valence-corrected chi connectivity index (χ1v) is 12.9. The van der Waals surface area contributed by atoms with E-state index in [2.05, 4.69) is 21.3 Å². The number of urea groups is 1. The molecule has 3 aromatic rings. The molecule has 5 nitrogen and oxygen atoms in total. The second-order valence-electron chi connectivity index (χ2n) is 9.52. The zero-order valence-corrected chi connectivity index (χ0v) is 21.6. The van der Waals surface area contributed by atoms with Crippen molar-refractivity contribution < 1.29 is 13.6 Å². The lowest BCUT2D eigenvalue weighted by Gasteiger charge is -2.39. The number of likely N-dealkylation sites (tertiary alicyclic amines) is 1. The number of hydrogen-bond acceptors (Lipinski definition) is 3. The lowest BCUT2D eigenvalue weighted by molar-refractivity contribution is 0.180. The molecule has 37 heavy (non-hydrogen) atoms. The fraction of sp³-hybridized carbons (Fsp3) is 0.286. The Morgan fingerprint density at radius 1 is 1.08 bits per heavy atom. The van der Waals surface area contributed by atoms with Gasteiger partial charge in [0.1, 0.15) is 16.8 Å². The molecular formula is C28H26Cl2F2N4O. The lowest BCUT2D eigenvalue weighted by atomic mass is 9.74. The van der Waals surface area contributed by atoms with E-state index in [-0.39, 0.29) is 16.9 Å². The first-order chi connectivity index (χ1) is 17.8. The second-order valence-corrected chi connectivity index (χ2v) is 10.3. The fourth-order valence-corrected chi connectivity index (χ4v) is 5.78. The van der Waals surface area contributed by atoms with E-state index in [1.807, 2.05) is 6.08 Å². The molecule has 192 valence electrons. The molecule has 1 spiro atoms. The Morgan fingerprint density at radius 3 is 2.57 bits per heavy atom. The van der Waals surface area contributed by atoms with Gasteiger partial charge in [0, 0.05) is 36.8 Å². The minimum atomic E-state index is -0.474. The highest BCUT2D eigenvalue weighted by atomic mass is 35.5. The van der Waals surface area contributed by atoms with Crippen molar-refractivity contribution in [2.75, 3.05) is 31.1 Å². The van der Waals surface area contributed by atoms with Gasteiger partial charge in [0.25, 0.3) is 0 Å². The summed E-state index contributed by atoms with van der Waals surface area (Å²) >= 11 is 12.5. The first-order valence-electron chi connectivity index (χ1n) is 12.1. The van der Waals surface area contributed by atoms with Crippen LogP contribution in [0.5, 0.6) is 0 Å². The average Bonchev–Trinajstić information content (AvgIpc) is 3.21. The van der Waals surface area contributed by atoms with Crippen LogP contribution >= 0.6 is 23.2 Å². The standard InChI is InChI=1S/C28H26Cl2F2N4O/c29-24-16-20(9-12-33-24)17-34-27(37)36-18-28(25-23(36)8-7-22(32)26(25)30)10-14-35(15-11-28)13-1-2-19-3-5-21(31)6-4-19/h1-9,12,16H,10-11,13-15,17-18H2,(H,34,37). The van der Waals surface area contributed by atoms with Crippen LogP contribution in [0.2, 0.25) is 10.2 Å². The zero-order valence-electron chi connectivity index (χ0n) is 20.1. The minimum absolute atomic E-state index is 0.0957. The second kappa shape index (κ2) is 10.8. The summed E-state index contributed by atoms with van der Waals surface area (Å²) in [7, 11) is 0. The number of piperidine rings is 1. The van der Waals surface area contributed by atoms with Crippen LogP contribution in [0.4, 0.5) is 19.3 Å². The molecule has 0 bridgehead atoms. The van der Waals surface area contributed by atoms with Crippen molar-refractivity contribution in [3.05, 3.63) is 99.3 Å². The van der Waals surface area contributed by atoms with Gasteiger partial charge in [-0.25, -0.2) is 18.6 Å². The zero-order chi connectivity index (χ0) is 26.0. The third-order valence-corrected chi connectivity index (χ3v) is 7.77. The summed E-state index contributed by atoms with van der Waals surface area (Å²) in [4.78, 5) is 21.2. The minimum Gasteiger partial charge on any atom is -0.334 e. The summed E-state index contributed by atoms with van der Waals surface area (Å²) in [5, 5.41) is 3.40. The van der Waals surface area contributed by atoms with Crippen LogP contribution in [-0.4, -0.2) is 42.1 Å². The highest BCUT2D eigenvalue weighted by Gasteiger charge is 2.48. The number of amides is 2. The molecule has 1 saturated heterocycles. The van der Waals surface area contributed by atoms with E-state index in [9.17, 15) is 13.6 Å². The van der Waals surface area contributed by atoms with E-state index in [1.54, 1.807) is 41.4 Å². The van der Waals surface area contributed by atoms with Gasteiger partial charge in [-0.05, 0) is 73.5 Å². The van der Waals surface area contributed by atoms with Gasteiger partial charge in [0.05, 0.1) is 10.7 Å². The Labute approximate surface area is 224 Å². The molecule has 5 rings (SSSR count). The van der Waals surface area contributed by atoms with E-state index in [1.165, 1.54) is 18.2 Å². The Hall–Kier alpha value is -3.00. The number of fused-ring (bicyclic) bond motifs is 2. The van der Waals surface area contributed by atoms with Gasteiger partial charge in [-0.1, -0.05) is 47.5 Å². The summed E-state index contributed by atoms with van der Waals surface area (Å²) in [6.45, 7) is 3.04. The Kier molecular flexibility index (Phi) is 7.47. The fourth-order valence-electron chi connectivity index (χ4n) is 5.23. The Balaban J connectivity index is 1.28. The number of rotatable bonds is 5. The molecule has 1 N–H and O–H groups in total. The molecule has 0 radical (unpaired) electrons. The molecule has 2 amide bonds. The van der Waals surface area contributed by atoms with Crippen molar-refractivity contribution in [3.63, 3.8) is 0 Å². The number of carbonyl (C=O) groups is 1. The quantitative estimate of drug-likeness (QED) is 0.377. The number of nitrogens with zero attached hydrogens (tertiary/aromatic N) is 3. The summed E-state index contributed by atoms with van der Waals surface area (Å²) in [6.07, 6.45) is 7.12. The Morgan fingerprint density at radius 2 is 1.84 bits per heavy atom. The van der Waals surface area contributed by atoms with Gasteiger partial charge in [-0.15, -0.1) is 0 Å². The largest absolute Gasteiger partial charge is 0.334 e. The normalized spacial score (nSPS) is 16.9. The van der Waals surface area contributed by atoms with Crippen LogP contribution in [0.3, 0.4) is 0 Å². The average molecular weight is 543 g/mol. The predicted molar refractivity (Wildman–Crippen MR) is 143 cm³/mol. The summed E-state index contributed by atoms with van der Waals surface area (Å²) in [6, 6.07) is 12.6.